The predicted octanol–water partition coefficient (Wildman–Crippen LogP) is 4.74. The Balaban J connectivity index is 2.04. The minimum absolute atomic E-state index is 0.0985. The third-order valence-electron chi connectivity index (χ3n) is 5.15. The summed E-state index contributed by atoms with van der Waals surface area (Å²) in [7, 11) is -3.55. The van der Waals surface area contributed by atoms with E-state index in [2.05, 4.69) is 19.2 Å². The average Bonchev–Trinajstić information content (AvgIpc) is 2.72. The maximum absolute atomic E-state index is 13.2. The largest absolute Gasteiger partial charge is 0.352 e. The van der Waals surface area contributed by atoms with E-state index in [-0.39, 0.29) is 12.5 Å². The highest BCUT2D eigenvalue weighted by Crippen LogP contribution is 2.21. The molecule has 2 rings (SSSR count). The van der Waals surface area contributed by atoms with Crippen LogP contribution in [0.25, 0.3) is 0 Å². The molecule has 1 atom stereocenters. The Morgan fingerprint density at radius 2 is 1.70 bits per heavy atom. The summed E-state index contributed by atoms with van der Waals surface area (Å²) < 4.78 is 38.8. The second-order valence-electron chi connectivity index (χ2n) is 7.57. The molecule has 0 radical (unpaired) electrons. The van der Waals surface area contributed by atoms with E-state index in [0.29, 0.717) is 23.7 Å². The molecule has 1 N–H and O–H groups in total. The summed E-state index contributed by atoms with van der Waals surface area (Å²) in [5.41, 5.74) is 1.66. The van der Waals surface area contributed by atoms with Crippen molar-refractivity contribution in [1.29, 1.82) is 0 Å². The lowest BCUT2D eigenvalue weighted by Crippen LogP contribution is -2.30. The summed E-state index contributed by atoms with van der Waals surface area (Å²) >= 11 is 0. The molecule has 5 nitrogen and oxygen atoms in total. The van der Waals surface area contributed by atoms with E-state index in [4.69, 9.17) is 0 Å². The number of benzene rings is 2. The minimum Gasteiger partial charge on any atom is -0.352 e. The molecule has 0 aromatic heterocycles. The van der Waals surface area contributed by atoms with Gasteiger partial charge in [-0.15, -0.1) is 0 Å². The fourth-order valence-corrected chi connectivity index (χ4v) is 4.11. The molecule has 7 heteroatoms. The number of unbranched alkanes of at least 4 members (excludes halogenated alkanes) is 1. The highest BCUT2D eigenvalue weighted by Gasteiger charge is 2.18. The smallest absolute Gasteiger partial charge is 0.251 e. The van der Waals surface area contributed by atoms with Crippen LogP contribution in [0.2, 0.25) is 0 Å². The van der Waals surface area contributed by atoms with Gasteiger partial charge < -0.3 is 5.32 Å². The second-order valence-corrected chi connectivity index (χ2v) is 9.48. The van der Waals surface area contributed by atoms with Crippen molar-refractivity contribution in [3.05, 3.63) is 65.5 Å². The van der Waals surface area contributed by atoms with Gasteiger partial charge in [0.2, 0.25) is 10.0 Å². The molecule has 1 amide bonds. The van der Waals surface area contributed by atoms with E-state index in [1.54, 1.807) is 24.3 Å². The van der Waals surface area contributed by atoms with Gasteiger partial charge in [0.05, 0.1) is 18.5 Å². The van der Waals surface area contributed by atoms with Gasteiger partial charge in [0.1, 0.15) is 5.82 Å². The number of amides is 1. The van der Waals surface area contributed by atoms with Gasteiger partial charge in [-0.3, -0.25) is 9.10 Å². The number of anilines is 1. The van der Waals surface area contributed by atoms with Gasteiger partial charge in [-0.1, -0.05) is 45.2 Å². The Morgan fingerprint density at radius 1 is 1.07 bits per heavy atom. The van der Waals surface area contributed by atoms with Crippen LogP contribution in [0.15, 0.2) is 48.5 Å². The Hall–Kier alpha value is -2.41. The first-order valence-corrected chi connectivity index (χ1v) is 12.2. The van der Waals surface area contributed by atoms with E-state index < -0.39 is 15.8 Å². The van der Waals surface area contributed by atoms with Crippen molar-refractivity contribution in [2.75, 3.05) is 17.1 Å². The van der Waals surface area contributed by atoms with E-state index in [1.807, 2.05) is 0 Å². The number of nitrogens with zero attached hydrogens (tertiary/aromatic N) is 1. The molecule has 0 saturated carbocycles. The Bertz CT molecular complexity index is 912. The molecule has 0 aliphatic heterocycles. The zero-order chi connectivity index (χ0) is 22.1. The van der Waals surface area contributed by atoms with Gasteiger partial charge in [0.15, 0.2) is 0 Å². The van der Waals surface area contributed by atoms with Crippen LogP contribution < -0.4 is 9.62 Å². The van der Waals surface area contributed by atoms with Crippen molar-refractivity contribution < 1.29 is 17.6 Å². The van der Waals surface area contributed by atoms with E-state index in [9.17, 15) is 17.6 Å². The number of nitrogens with one attached hydrogen (secondary N) is 1. The van der Waals surface area contributed by atoms with E-state index in [1.165, 1.54) is 28.6 Å². The van der Waals surface area contributed by atoms with Gasteiger partial charge in [0, 0.05) is 12.1 Å². The topological polar surface area (TPSA) is 66.5 Å². The zero-order valence-electron chi connectivity index (χ0n) is 17.9. The first kappa shape index (κ1) is 23.9. The third kappa shape index (κ3) is 7.13. The van der Waals surface area contributed by atoms with Crippen molar-refractivity contribution in [3.8, 4) is 0 Å². The minimum atomic E-state index is -3.55. The molecule has 2 aromatic carbocycles. The van der Waals surface area contributed by atoms with Crippen molar-refractivity contribution in [2.24, 2.45) is 5.92 Å². The molecule has 0 saturated heterocycles. The maximum Gasteiger partial charge on any atom is 0.251 e. The zero-order valence-corrected chi connectivity index (χ0v) is 18.7. The molecule has 0 aliphatic carbocycles. The molecule has 0 spiro atoms. The fourth-order valence-electron chi connectivity index (χ4n) is 3.22. The Kier molecular flexibility index (Phi) is 8.84. The molecule has 1 unspecified atom stereocenters. The summed E-state index contributed by atoms with van der Waals surface area (Å²) in [5, 5.41) is 2.99. The SMILES string of the molecule is CCCCC(CC)CNC(=O)c1ccc(CN(c2ccc(F)cc2)S(C)(=O)=O)cc1. The molecule has 30 heavy (non-hydrogen) atoms. The highest BCUT2D eigenvalue weighted by atomic mass is 32.2. The Morgan fingerprint density at radius 3 is 2.23 bits per heavy atom. The van der Waals surface area contributed by atoms with Crippen LogP contribution in [0.5, 0.6) is 0 Å². The number of sulfonamides is 1. The van der Waals surface area contributed by atoms with E-state index in [0.717, 1.165) is 37.5 Å². The summed E-state index contributed by atoms with van der Waals surface area (Å²) in [5.74, 6) is -0.0789. The van der Waals surface area contributed by atoms with Crippen LogP contribution in [0.1, 0.15) is 55.5 Å². The number of halogens is 1. The summed E-state index contributed by atoms with van der Waals surface area (Å²) in [6, 6.07) is 12.2. The van der Waals surface area contributed by atoms with Gasteiger partial charge in [-0.05, 0) is 54.3 Å². The van der Waals surface area contributed by atoms with Crippen molar-refractivity contribution in [2.45, 2.75) is 46.1 Å². The monoisotopic (exact) mass is 434 g/mol. The first-order chi connectivity index (χ1) is 14.2. The van der Waals surface area contributed by atoms with Gasteiger partial charge >= 0.3 is 0 Å². The molecule has 164 valence electrons. The van der Waals surface area contributed by atoms with Crippen LogP contribution in [-0.4, -0.2) is 27.1 Å². The molecule has 0 fully saturated rings. The van der Waals surface area contributed by atoms with Gasteiger partial charge in [0.25, 0.3) is 5.91 Å². The number of carbonyl (C=O) groups is 1. The van der Waals surface area contributed by atoms with Crippen LogP contribution in [0.4, 0.5) is 10.1 Å². The lowest BCUT2D eigenvalue weighted by molar-refractivity contribution is 0.0946. The van der Waals surface area contributed by atoms with Crippen LogP contribution >= 0.6 is 0 Å². The maximum atomic E-state index is 13.2. The summed E-state index contributed by atoms with van der Waals surface area (Å²) in [6.07, 6.45) is 5.56. The molecular weight excluding hydrogens is 403 g/mol. The molecule has 0 heterocycles. The second kappa shape index (κ2) is 11.1. The van der Waals surface area contributed by atoms with E-state index >= 15 is 0 Å². The number of carbonyl (C=O) groups excluding carboxylic acids is 1. The summed E-state index contributed by atoms with van der Waals surface area (Å²) in [4.78, 5) is 12.4. The average molecular weight is 435 g/mol. The quantitative estimate of drug-likeness (QED) is 0.556. The summed E-state index contributed by atoms with van der Waals surface area (Å²) in [6.45, 7) is 5.05. The Labute approximate surface area is 179 Å². The van der Waals surface area contributed by atoms with Crippen molar-refractivity contribution in [3.63, 3.8) is 0 Å². The fraction of sp³-hybridized carbons (Fsp3) is 0.435. The molecule has 0 bridgehead atoms. The predicted molar refractivity (Wildman–Crippen MR) is 120 cm³/mol. The lowest BCUT2D eigenvalue weighted by Gasteiger charge is -2.22. The standard InChI is InChI=1S/C23H31FN2O3S/c1-4-6-7-18(5-2)16-25-23(27)20-10-8-19(9-11-20)17-26(30(3,28)29)22-14-12-21(24)13-15-22/h8-15,18H,4-7,16-17H2,1-3H3,(H,25,27). The van der Waals surface area contributed by atoms with Crippen molar-refractivity contribution >= 4 is 21.6 Å². The van der Waals surface area contributed by atoms with Gasteiger partial charge in [-0.2, -0.15) is 0 Å². The van der Waals surface area contributed by atoms with Crippen LogP contribution in [0, 0.1) is 11.7 Å². The van der Waals surface area contributed by atoms with Crippen LogP contribution in [0.3, 0.4) is 0 Å². The van der Waals surface area contributed by atoms with Crippen LogP contribution in [-0.2, 0) is 16.6 Å². The number of rotatable bonds is 11. The van der Waals surface area contributed by atoms with Crippen molar-refractivity contribution in [1.82, 2.24) is 5.32 Å². The lowest BCUT2D eigenvalue weighted by atomic mass is 9.99. The number of hydrogen-bond acceptors (Lipinski definition) is 3. The van der Waals surface area contributed by atoms with Gasteiger partial charge in [-0.25, -0.2) is 12.8 Å². The molecule has 2 aromatic rings. The third-order valence-corrected chi connectivity index (χ3v) is 6.29. The highest BCUT2D eigenvalue weighted by molar-refractivity contribution is 7.92. The molecule has 0 aliphatic rings. The molecular formula is C23H31FN2O3S. The first-order valence-electron chi connectivity index (χ1n) is 10.3. The number of hydrogen-bond donors (Lipinski definition) is 1. The normalized spacial score (nSPS) is 12.4.